The summed E-state index contributed by atoms with van der Waals surface area (Å²) in [6.45, 7) is 8.35. The summed E-state index contributed by atoms with van der Waals surface area (Å²) < 4.78 is 9.61. The van der Waals surface area contributed by atoms with Gasteiger partial charge in [0.25, 0.3) is 0 Å². The highest BCUT2D eigenvalue weighted by atomic mass is 32.1. The third-order valence-corrected chi connectivity index (χ3v) is 8.86. The molecule has 0 aliphatic carbocycles. The fourth-order valence-electron chi connectivity index (χ4n) is 3.48. The Bertz CT molecular complexity index is 1420. The zero-order chi connectivity index (χ0) is 24.6. The van der Waals surface area contributed by atoms with Crippen molar-refractivity contribution in [3.63, 3.8) is 0 Å². The fraction of sp³-hybridized carbons (Fsp3) is 0.133. The molecule has 0 aliphatic heterocycles. The van der Waals surface area contributed by atoms with Crippen LogP contribution in [-0.2, 0) is 0 Å². The summed E-state index contributed by atoms with van der Waals surface area (Å²) in [6.07, 6.45) is 0. The van der Waals surface area contributed by atoms with Gasteiger partial charge in [0.05, 0.1) is 0 Å². The smallest absolute Gasteiger partial charge is 0.134 e. The third kappa shape index (κ3) is 7.39. The molecule has 0 aliphatic rings. The highest BCUT2D eigenvalue weighted by Gasteiger charge is 1.97. The van der Waals surface area contributed by atoms with Crippen molar-refractivity contribution in [3.8, 4) is 0 Å². The van der Waals surface area contributed by atoms with E-state index in [1.165, 1.54) is 39.5 Å². The lowest BCUT2D eigenvalue weighted by Crippen LogP contribution is -1.57. The summed E-state index contributed by atoms with van der Waals surface area (Å²) in [6, 6.07) is 29.3. The first-order valence-corrected chi connectivity index (χ1v) is 14.7. The Kier molecular flexibility index (Phi) is 8.94. The second-order valence-electron chi connectivity index (χ2n) is 8.02. The van der Waals surface area contributed by atoms with E-state index in [1.807, 2.05) is 71.3 Å². The van der Waals surface area contributed by atoms with Crippen molar-refractivity contribution in [2.45, 2.75) is 27.7 Å². The second kappa shape index (κ2) is 12.3. The number of furan rings is 1. The molecule has 0 radical (unpaired) electrons. The Morgan fingerprint density at radius 1 is 0.514 bits per heavy atom. The van der Waals surface area contributed by atoms with E-state index in [-0.39, 0.29) is 0 Å². The molecule has 7 rings (SSSR count). The largest absolute Gasteiger partial charge is 0.461 e. The molecule has 5 heteroatoms. The van der Waals surface area contributed by atoms with E-state index >= 15 is 0 Å². The van der Waals surface area contributed by atoms with Crippen LogP contribution in [0.3, 0.4) is 0 Å². The number of rotatable bonds is 0. The zero-order valence-electron chi connectivity index (χ0n) is 20.3. The maximum absolute atomic E-state index is 5.37. The SMILES string of the molecule is Cc1cc2ccccc2o1.Cc1cc2ccccc2s1.Cc1cc2sccc2s1.Cc1cccs1. The number of aryl methyl sites for hydroxylation is 4. The molecule has 5 aromatic heterocycles. The first-order valence-electron chi connectivity index (χ1n) is 11.3. The van der Waals surface area contributed by atoms with Crippen LogP contribution in [0.2, 0.25) is 0 Å². The van der Waals surface area contributed by atoms with Gasteiger partial charge in [0.1, 0.15) is 11.3 Å². The van der Waals surface area contributed by atoms with Gasteiger partial charge < -0.3 is 4.42 Å². The van der Waals surface area contributed by atoms with Crippen LogP contribution in [0.1, 0.15) is 20.4 Å². The molecule has 1 nitrogen and oxygen atoms in total. The van der Waals surface area contributed by atoms with E-state index in [1.54, 1.807) is 11.3 Å². The van der Waals surface area contributed by atoms with Crippen molar-refractivity contribution in [1.82, 2.24) is 0 Å². The Morgan fingerprint density at radius 3 is 1.89 bits per heavy atom. The molecule has 7 aromatic rings. The number of hydrogen-bond acceptors (Lipinski definition) is 5. The molecule has 0 fully saturated rings. The summed E-state index contributed by atoms with van der Waals surface area (Å²) in [5, 5.41) is 6.76. The molecule has 0 unspecified atom stereocenters. The number of benzene rings is 2. The molecule has 35 heavy (non-hydrogen) atoms. The second-order valence-corrected chi connectivity index (χ2v) is 12.7. The molecule has 0 spiro atoms. The highest BCUT2D eigenvalue weighted by Crippen LogP contribution is 2.29. The summed E-state index contributed by atoms with van der Waals surface area (Å²) in [5.41, 5.74) is 0.972. The first-order chi connectivity index (χ1) is 17.0. The van der Waals surface area contributed by atoms with Crippen molar-refractivity contribution in [2.24, 2.45) is 0 Å². The van der Waals surface area contributed by atoms with Crippen molar-refractivity contribution >= 4 is 75.8 Å². The molecule has 2 aromatic carbocycles. The average Bonchev–Trinajstić information content (AvgIpc) is 3.63. The molecule has 0 saturated carbocycles. The molecule has 0 amide bonds. The van der Waals surface area contributed by atoms with Gasteiger partial charge >= 0.3 is 0 Å². The lowest BCUT2D eigenvalue weighted by molar-refractivity contribution is 0.578. The summed E-state index contributed by atoms with van der Waals surface area (Å²) in [5.74, 6) is 0.973. The first kappa shape index (κ1) is 25.4. The number of hydrogen-bond donors (Lipinski definition) is 0. The number of thiophene rings is 4. The molecule has 178 valence electrons. The minimum atomic E-state index is 0.972. The third-order valence-electron chi connectivity index (χ3n) is 5.02. The van der Waals surface area contributed by atoms with Crippen molar-refractivity contribution in [2.75, 3.05) is 0 Å². The van der Waals surface area contributed by atoms with Crippen molar-refractivity contribution in [1.29, 1.82) is 0 Å². The predicted octanol–water partition coefficient (Wildman–Crippen LogP) is 11.3. The van der Waals surface area contributed by atoms with Gasteiger partial charge in [0, 0.05) is 34.1 Å². The predicted molar refractivity (Wildman–Crippen MR) is 161 cm³/mol. The molecule has 0 atom stereocenters. The van der Waals surface area contributed by atoms with Crippen LogP contribution in [0.25, 0.3) is 30.5 Å². The quantitative estimate of drug-likeness (QED) is 0.189. The van der Waals surface area contributed by atoms with Gasteiger partial charge in [-0.3, -0.25) is 0 Å². The molecule has 5 heterocycles. The zero-order valence-corrected chi connectivity index (χ0v) is 23.5. The molecular formula is C30H28OS4. The lowest BCUT2D eigenvalue weighted by atomic mass is 10.2. The highest BCUT2D eigenvalue weighted by molar-refractivity contribution is 7.26. The minimum Gasteiger partial charge on any atom is -0.461 e. The standard InChI is InChI=1S/C9H8O.C9H8S.C7H6S2.C5H6S/c2*1-7-6-8-4-2-3-5-9(8)10-7;1-5-4-7-6(9-5)2-3-8-7;1-5-3-2-4-6-5/h2*2-6H,1H3;2-4H,1H3;2-4H,1H3. The van der Waals surface area contributed by atoms with Crippen LogP contribution in [0.4, 0.5) is 0 Å². The lowest BCUT2D eigenvalue weighted by Gasteiger charge is -1.82. The average molecular weight is 533 g/mol. The Hall–Kier alpha value is -2.70. The minimum absolute atomic E-state index is 0.972. The van der Waals surface area contributed by atoms with Crippen molar-refractivity contribution in [3.05, 3.63) is 116 Å². The van der Waals surface area contributed by atoms with Gasteiger partial charge in [-0.1, -0.05) is 42.5 Å². The normalized spacial score (nSPS) is 10.3. The van der Waals surface area contributed by atoms with E-state index in [0.717, 1.165) is 11.3 Å². The summed E-state index contributed by atoms with van der Waals surface area (Å²) >= 11 is 7.32. The molecule has 0 saturated heterocycles. The van der Waals surface area contributed by atoms with E-state index in [9.17, 15) is 0 Å². The van der Waals surface area contributed by atoms with Gasteiger partial charge in [-0.15, -0.1) is 45.3 Å². The van der Waals surface area contributed by atoms with Crippen LogP contribution in [0, 0.1) is 27.7 Å². The number of para-hydroxylation sites is 1. The van der Waals surface area contributed by atoms with E-state index in [0.29, 0.717) is 0 Å². The maximum atomic E-state index is 5.37. The summed E-state index contributed by atoms with van der Waals surface area (Å²) in [4.78, 5) is 4.19. The molecule has 0 bridgehead atoms. The fourth-order valence-corrected chi connectivity index (χ4v) is 6.96. The van der Waals surface area contributed by atoms with Crippen LogP contribution >= 0.6 is 45.3 Å². The number of fused-ring (bicyclic) bond motifs is 3. The van der Waals surface area contributed by atoms with Crippen molar-refractivity contribution < 1.29 is 4.42 Å². The summed E-state index contributed by atoms with van der Waals surface area (Å²) in [7, 11) is 0. The Labute approximate surface area is 222 Å². The van der Waals surface area contributed by atoms with E-state index in [4.69, 9.17) is 4.42 Å². The Morgan fingerprint density at radius 2 is 1.23 bits per heavy atom. The molecular weight excluding hydrogens is 505 g/mol. The van der Waals surface area contributed by atoms with Crippen LogP contribution in [-0.4, -0.2) is 0 Å². The van der Waals surface area contributed by atoms with E-state index in [2.05, 4.69) is 86.1 Å². The monoisotopic (exact) mass is 532 g/mol. The molecule has 0 N–H and O–H groups in total. The van der Waals surface area contributed by atoms with Gasteiger partial charge in [-0.2, -0.15) is 0 Å². The van der Waals surface area contributed by atoms with Gasteiger partial charge in [-0.05, 0) is 86.3 Å². The van der Waals surface area contributed by atoms with Crippen LogP contribution in [0.5, 0.6) is 0 Å². The van der Waals surface area contributed by atoms with Gasteiger partial charge in [0.15, 0.2) is 0 Å². The topological polar surface area (TPSA) is 13.1 Å². The van der Waals surface area contributed by atoms with Crippen LogP contribution < -0.4 is 0 Å². The van der Waals surface area contributed by atoms with E-state index < -0.39 is 0 Å². The van der Waals surface area contributed by atoms with Gasteiger partial charge in [-0.25, -0.2) is 0 Å². The van der Waals surface area contributed by atoms with Gasteiger partial charge in [0.2, 0.25) is 0 Å². The maximum Gasteiger partial charge on any atom is 0.134 e. The Balaban J connectivity index is 0.000000112. The van der Waals surface area contributed by atoms with Crippen LogP contribution in [0.15, 0.2) is 100 Å².